The zero-order chi connectivity index (χ0) is 15.4. The minimum Gasteiger partial charge on any atom is -0.481 e. The van der Waals surface area contributed by atoms with E-state index in [1.54, 1.807) is 0 Å². The highest BCUT2D eigenvalue weighted by molar-refractivity contribution is 5.85. The van der Waals surface area contributed by atoms with Gasteiger partial charge in [0.15, 0.2) is 0 Å². The van der Waals surface area contributed by atoms with Crippen LogP contribution in [0.1, 0.15) is 51.9 Å². The molecule has 5 heteroatoms. The van der Waals surface area contributed by atoms with Gasteiger partial charge in [0.2, 0.25) is 5.91 Å². The molecule has 4 atom stereocenters. The van der Waals surface area contributed by atoms with Gasteiger partial charge in [-0.25, -0.2) is 0 Å². The number of amides is 1. The van der Waals surface area contributed by atoms with Crippen molar-refractivity contribution in [2.24, 2.45) is 17.8 Å². The van der Waals surface area contributed by atoms with Gasteiger partial charge in [0.25, 0.3) is 0 Å². The van der Waals surface area contributed by atoms with E-state index >= 15 is 0 Å². The molecule has 120 valence electrons. The maximum absolute atomic E-state index is 12.8. The Hall–Kier alpha value is -1.10. The van der Waals surface area contributed by atoms with Crippen molar-refractivity contribution in [2.45, 2.75) is 57.9 Å². The molecule has 0 radical (unpaired) electrons. The molecule has 0 aromatic carbocycles. The molecule has 0 bridgehead atoms. The van der Waals surface area contributed by atoms with Gasteiger partial charge in [0.1, 0.15) is 0 Å². The van der Waals surface area contributed by atoms with Crippen molar-refractivity contribution in [3.05, 3.63) is 0 Å². The number of likely N-dealkylation sites (tertiary alicyclic amines) is 1. The van der Waals surface area contributed by atoms with E-state index in [0.717, 1.165) is 25.7 Å². The molecule has 5 nitrogen and oxygen atoms in total. The van der Waals surface area contributed by atoms with Crippen LogP contribution in [-0.2, 0) is 9.59 Å². The van der Waals surface area contributed by atoms with Crippen molar-refractivity contribution in [1.82, 2.24) is 4.90 Å². The van der Waals surface area contributed by atoms with Gasteiger partial charge in [-0.15, -0.1) is 0 Å². The predicted molar refractivity (Wildman–Crippen MR) is 78.7 cm³/mol. The highest BCUT2D eigenvalue weighted by Crippen LogP contribution is 2.40. The molecule has 1 saturated heterocycles. The number of carboxylic acids is 1. The second-order valence-electron chi connectivity index (χ2n) is 6.49. The van der Waals surface area contributed by atoms with Gasteiger partial charge in [-0.05, 0) is 44.4 Å². The summed E-state index contributed by atoms with van der Waals surface area (Å²) in [6.45, 7) is 2.86. The van der Waals surface area contributed by atoms with Crippen LogP contribution in [-0.4, -0.2) is 46.2 Å². The Bertz CT molecular complexity index is 382. The number of aliphatic carboxylic acids is 1. The molecule has 1 saturated carbocycles. The lowest BCUT2D eigenvalue weighted by Gasteiger charge is -2.37. The number of piperidine rings is 1. The Balaban J connectivity index is 2.10. The Morgan fingerprint density at radius 3 is 2.52 bits per heavy atom. The average molecular weight is 297 g/mol. The Kier molecular flexibility index (Phi) is 5.62. The van der Waals surface area contributed by atoms with E-state index in [1.807, 2.05) is 4.90 Å². The molecule has 2 aliphatic rings. The van der Waals surface area contributed by atoms with Gasteiger partial charge in [-0.3, -0.25) is 9.59 Å². The first-order chi connectivity index (χ1) is 10.1. The number of carboxylic acid groups (broad SMARTS) is 1. The fourth-order valence-electron chi connectivity index (χ4n) is 3.98. The first-order valence-corrected chi connectivity index (χ1v) is 8.22. The van der Waals surface area contributed by atoms with Crippen molar-refractivity contribution < 1.29 is 19.8 Å². The lowest BCUT2D eigenvalue weighted by Crippen LogP contribution is -2.48. The first-order valence-electron chi connectivity index (χ1n) is 8.22. The van der Waals surface area contributed by atoms with Crippen molar-refractivity contribution in [3.63, 3.8) is 0 Å². The summed E-state index contributed by atoms with van der Waals surface area (Å²) in [5.74, 6) is -1.37. The van der Waals surface area contributed by atoms with E-state index in [9.17, 15) is 19.8 Å². The third-order valence-corrected chi connectivity index (χ3v) is 5.24. The van der Waals surface area contributed by atoms with Crippen LogP contribution in [0.15, 0.2) is 0 Å². The second-order valence-corrected chi connectivity index (χ2v) is 6.49. The first kappa shape index (κ1) is 16.3. The van der Waals surface area contributed by atoms with E-state index in [-0.39, 0.29) is 24.5 Å². The molecule has 21 heavy (non-hydrogen) atoms. The highest BCUT2D eigenvalue weighted by Gasteiger charge is 2.44. The fraction of sp³-hybridized carbons (Fsp3) is 0.875. The minimum atomic E-state index is -0.833. The molecule has 0 aromatic heterocycles. The lowest BCUT2D eigenvalue weighted by atomic mass is 9.91. The van der Waals surface area contributed by atoms with Gasteiger partial charge in [0.05, 0.1) is 11.8 Å². The van der Waals surface area contributed by atoms with Crippen molar-refractivity contribution in [3.8, 4) is 0 Å². The third-order valence-electron chi connectivity index (χ3n) is 5.24. The molecule has 1 heterocycles. The van der Waals surface area contributed by atoms with Crippen LogP contribution in [0.2, 0.25) is 0 Å². The largest absolute Gasteiger partial charge is 0.481 e. The maximum Gasteiger partial charge on any atom is 0.307 e. The van der Waals surface area contributed by atoms with Gasteiger partial charge in [0, 0.05) is 19.2 Å². The lowest BCUT2D eigenvalue weighted by molar-refractivity contribution is -0.150. The molecule has 4 unspecified atom stereocenters. The molecule has 0 aromatic rings. The predicted octanol–water partition coefficient (Wildman–Crippen LogP) is 1.89. The molecule has 1 aliphatic carbocycles. The Morgan fingerprint density at radius 2 is 1.90 bits per heavy atom. The summed E-state index contributed by atoms with van der Waals surface area (Å²) in [6.07, 6.45) is 5.86. The van der Waals surface area contributed by atoms with Gasteiger partial charge >= 0.3 is 5.97 Å². The number of carbonyl (C=O) groups is 2. The molecule has 1 aliphatic heterocycles. The van der Waals surface area contributed by atoms with E-state index in [0.29, 0.717) is 31.7 Å². The fourth-order valence-corrected chi connectivity index (χ4v) is 3.98. The zero-order valence-electron chi connectivity index (χ0n) is 12.8. The minimum absolute atomic E-state index is 0.0106. The normalized spacial score (nSPS) is 33.1. The third kappa shape index (κ3) is 3.57. The summed E-state index contributed by atoms with van der Waals surface area (Å²) in [6, 6.07) is 0.0892. The quantitative estimate of drug-likeness (QED) is 0.812. The van der Waals surface area contributed by atoms with Crippen LogP contribution >= 0.6 is 0 Å². The van der Waals surface area contributed by atoms with Crippen LogP contribution in [0.5, 0.6) is 0 Å². The molecule has 0 spiro atoms. The summed E-state index contributed by atoms with van der Waals surface area (Å²) in [5.41, 5.74) is 0. The Labute approximate surface area is 126 Å². The molecule has 1 amide bonds. The van der Waals surface area contributed by atoms with Crippen LogP contribution in [0, 0.1) is 17.8 Å². The van der Waals surface area contributed by atoms with Gasteiger partial charge < -0.3 is 15.1 Å². The molecular weight excluding hydrogens is 270 g/mol. The van der Waals surface area contributed by atoms with E-state index in [1.165, 1.54) is 0 Å². The van der Waals surface area contributed by atoms with Crippen LogP contribution in [0.3, 0.4) is 0 Å². The molecule has 2 rings (SSSR count). The number of hydrogen-bond acceptors (Lipinski definition) is 3. The SMILES string of the molecule is CCC1CC(C(=O)O)C(C(=O)N2CCCCC2CCO)C1. The smallest absolute Gasteiger partial charge is 0.307 e. The highest BCUT2D eigenvalue weighted by atomic mass is 16.4. The number of carbonyl (C=O) groups excluding carboxylic acids is 1. The van der Waals surface area contributed by atoms with Gasteiger partial charge in [-0.2, -0.15) is 0 Å². The second kappa shape index (κ2) is 7.25. The molecular formula is C16H27NO4. The van der Waals surface area contributed by atoms with Gasteiger partial charge in [-0.1, -0.05) is 13.3 Å². The maximum atomic E-state index is 12.8. The van der Waals surface area contributed by atoms with Crippen LogP contribution < -0.4 is 0 Å². The van der Waals surface area contributed by atoms with Crippen molar-refractivity contribution >= 4 is 11.9 Å². The summed E-state index contributed by atoms with van der Waals surface area (Å²) in [7, 11) is 0. The van der Waals surface area contributed by atoms with E-state index in [4.69, 9.17) is 0 Å². The number of aliphatic hydroxyl groups is 1. The molecule has 2 fully saturated rings. The van der Waals surface area contributed by atoms with Crippen LogP contribution in [0.4, 0.5) is 0 Å². The number of aliphatic hydroxyl groups excluding tert-OH is 1. The van der Waals surface area contributed by atoms with E-state index < -0.39 is 11.9 Å². The topological polar surface area (TPSA) is 77.8 Å². The van der Waals surface area contributed by atoms with Crippen LogP contribution in [0.25, 0.3) is 0 Å². The van der Waals surface area contributed by atoms with E-state index in [2.05, 4.69) is 6.92 Å². The summed E-state index contributed by atoms with van der Waals surface area (Å²) in [4.78, 5) is 26.2. The summed E-state index contributed by atoms with van der Waals surface area (Å²) in [5, 5.41) is 18.6. The summed E-state index contributed by atoms with van der Waals surface area (Å²) >= 11 is 0. The number of rotatable bonds is 5. The summed E-state index contributed by atoms with van der Waals surface area (Å²) < 4.78 is 0. The number of hydrogen-bond donors (Lipinski definition) is 2. The van der Waals surface area contributed by atoms with Crippen molar-refractivity contribution in [1.29, 1.82) is 0 Å². The average Bonchev–Trinajstić information content (AvgIpc) is 2.92. The monoisotopic (exact) mass is 297 g/mol. The molecule has 2 N–H and O–H groups in total. The Morgan fingerprint density at radius 1 is 1.19 bits per heavy atom. The standard InChI is InChI=1S/C16H27NO4/c1-2-11-9-13(14(10-11)16(20)21)15(19)17-7-4-3-5-12(17)6-8-18/h11-14,18H,2-10H2,1H3,(H,20,21). The zero-order valence-corrected chi connectivity index (χ0v) is 12.8. The number of nitrogens with zero attached hydrogens (tertiary/aromatic N) is 1. The van der Waals surface area contributed by atoms with Crippen molar-refractivity contribution in [2.75, 3.05) is 13.2 Å².